The summed E-state index contributed by atoms with van der Waals surface area (Å²) in [5.41, 5.74) is 5.97. The van der Waals surface area contributed by atoms with Crippen LogP contribution in [0.1, 0.15) is 53.6 Å². The summed E-state index contributed by atoms with van der Waals surface area (Å²) in [6.07, 6.45) is 1.93. The highest BCUT2D eigenvalue weighted by atomic mass is 32.2. The fraction of sp³-hybridized carbons (Fsp3) is 0.435. The highest BCUT2D eigenvalue weighted by Crippen LogP contribution is 2.24. The Bertz CT molecular complexity index is 984. The van der Waals surface area contributed by atoms with Crippen LogP contribution >= 0.6 is 0 Å². The number of aryl methyl sites for hydroxylation is 4. The number of anilines is 1. The first-order chi connectivity index (χ1) is 13.5. The van der Waals surface area contributed by atoms with Crippen molar-refractivity contribution < 1.29 is 13.2 Å². The first-order valence-electron chi connectivity index (χ1n) is 9.90. The van der Waals surface area contributed by atoms with Crippen molar-refractivity contribution in [2.45, 2.75) is 53.5 Å². The van der Waals surface area contributed by atoms with Crippen LogP contribution in [0.2, 0.25) is 0 Å². The smallest absolute Gasteiger partial charge is 0.232 e. The van der Waals surface area contributed by atoms with Gasteiger partial charge in [-0.15, -0.1) is 0 Å². The Balaban J connectivity index is 2.01. The number of carbonyl (C=O) groups is 1. The summed E-state index contributed by atoms with van der Waals surface area (Å²) in [6, 6.07) is 11.9. The van der Waals surface area contributed by atoms with Gasteiger partial charge in [0.05, 0.1) is 18.0 Å². The Labute approximate surface area is 175 Å². The van der Waals surface area contributed by atoms with E-state index in [1.807, 2.05) is 52.8 Å². The van der Waals surface area contributed by atoms with Crippen LogP contribution in [0.25, 0.3) is 0 Å². The van der Waals surface area contributed by atoms with Crippen LogP contribution in [-0.2, 0) is 14.8 Å². The monoisotopic (exact) mass is 416 g/mol. The molecule has 0 aliphatic heterocycles. The molecule has 5 nitrogen and oxygen atoms in total. The SMILES string of the molecule is Cc1ccc(C)c([C@@H](C)NC(=O)CCCN(c2cc(C)ccc2C)S(C)(=O)=O)c1. The minimum Gasteiger partial charge on any atom is -0.350 e. The van der Waals surface area contributed by atoms with Crippen LogP contribution in [0.3, 0.4) is 0 Å². The number of carbonyl (C=O) groups excluding carboxylic acids is 1. The third-order valence-electron chi connectivity index (χ3n) is 5.08. The number of hydrogen-bond acceptors (Lipinski definition) is 3. The lowest BCUT2D eigenvalue weighted by molar-refractivity contribution is -0.121. The van der Waals surface area contributed by atoms with Gasteiger partial charge in [-0.2, -0.15) is 0 Å². The van der Waals surface area contributed by atoms with Gasteiger partial charge in [-0.1, -0.05) is 35.9 Å². The summed E-state index contributed by atoms with van der Waals surface area (Å²) in [5, 5.41) is 3.03. The molecule has 1 atom stereocenters. The Morgan fingerprint density at radius 3 is 2.21 bits per heavy atom. The van der Waals surface area contributed by atoms with Crippen molar-refractivity contribution in [1.29, 1.82) is 0 Å². The fourth-order valence-electron chi connectivity index (χ4n) is 3.45. The molecule has 6 heteroatoms. The zero-order chi connectivity index (χ0) is 21.8. The van der Waals surface area contributed by atoms with Crippen molar-refractivity contribution in [3.8, 4) is 0 Å². The molecular weight excluding hydrogens is 384 g/mol. The van der Waals surface area contributed by atoms with E-state index in [0.29, 0.717) is 12.1 Å². The third kappa shape index (κ3) is 6.32. The standard InChI is InChI=1S/C23H32N2O3S/c1-16-9-11-18(3)21(14-16)20(5)24-23(26)8-7-13-25(29(6,27)28)22-15-17(2)10-12-19(22)4/h9-12,14-15,20H,7-8,13H2,1-6H3,(H,24,26)/t20-/m1/s1. The van der Waals surface area contributed by atoms with Gasteiger partial charge in [-0.05, 0) is 69.4 Å². The molecule has 0 bridgehead atoms. The lowest BCUT2D eigenvalue weighted by atomic mass is 10.00. The molecule has 0 aliphatic carbocycles. The molecule has 0 heterocycles. The fourth-order valence-corrected chi connectivity index (χ4v) is 4.47. The molecule has 2 aromatic carbocycles. The molecule has 2 aromatic rings. The largest absolute Gasteiger partial charge is 0.350 e. The van der Waals surface area contributed by atoms with Crippen molar-refractivity contribution in [3.05, 3.63) is 64.2 Å². The average molecular weight is 417 g/mol. The molecule has 2 rings (SSSR count). The molecule has 0 aromatic heterocycles. The van der Waals surface area contributed by atoms with Crippen LogP contribution in [0, 0.1) is 27.7 Å². The number of amides is 1. The second-order valence-corrected chi connectivity index (χ2v) is 9.78. The molecule has 0 aliphatic rings. The predicted octanol–water partition coefficient (Wildman–Crippen LogP) is 4.34. The Morgan fingerprint density at radius 2 is 1.59 bits per heavy atom. The number of nitrogens with zero attached hydrogens (tertiary/aromatic N) is 1. The van der Waals surface area contributed by atoms with Crippen LogP contribution in [0.5, 0.6) is 0 Å². The second-order valence-electron chi connectivity index (χ2n) is 7.88. The normalized spacial score (nSPS) is 12.5. The lowest BCUT2D eigenvalue weighted by Crippen LogP contribution is -2.33. The second kappa shape index (κ2) is 9.44. The van der Waals surface area contributed by atoms with E-state index in [-0.39, 0.29) is 24.9 Å². The Hall–Kier alpha value is -2.34. The van der Waals surface area contributed by atoms with E-state index in [1.165, 1.54) is 10.6 Å². The van der Waals surface area contributed by atoms with E-state index in [2.05, 4.69) is 23.5 Å². The highest BCUT2D eigenvalue weighted by molar-refractivity contribution is 7.92. The van der Waals surface area contributed by atoms with E-state index in [9.17, 15) is 13.2 Å². The van der Waals surface area contributed by atoms with Crippen molar-refractivity contribution in [2.24, 2.45) is 0 Å². The average Bonchev–Trinajstić information content (AvgIpc) is 2.62. The van der Waals surface area contributed by atoms with Gasteiger partial charge < -0.3 is 5.32 Å². The predicted molar refractivity (Wildman–Crippen MR) is 120 cm³/mol. The lowest BCUT2D eigenvalue weighted by Gasteiger charge is -2.25. The zero-order valence-corrected chi connectivity index (χ0v) is 19.1. The number of benzene rings is 2. The maximum absolute atomic E-state index is 12.4. The molecule has 0 saturated heterocycles. The van der Waals surface area contributed by atoms with E-state index in [0.717, 1.165) is 27.8 Å². The molecule has 29 heavy (non-hydrogen) atoms. The number of sulfonamides is 1. The van der Waals surface area contributed by atoms with Crippen molar-refractivity contribution in [3.63, 3.8) is 0 Å². The van der Waals surface area contributed by atoms with Crippen LogP contribution in [-0.4, -0.2) is 27.1 Å². The first-order valence-corrected chi connectivity index (χ1v) is 11.8. The summed E-state index contributed by atoms with van der Waals surface area (Å²) in [6.45, 7) is 10.1. The zero-order valence-electron chi connectivity index (χ0n) is 18.2. The topological polar surface area (TPSA) is 66.5 Å². The van der Waals surface area contributed by atoms with Crippen LogP contribution in [0.4, 0.5) is 5.69 Å². The first kappa shape index (κ1) is 22.9. The molecule has 1 N–H and O–H groups in total. The number of rotatable bonds is 8. The minimum atomic E-state index is -3.43. The van der Waals surface area contributed by atoms with Gasteiger partial charge in [-0.3, -0.25) is 9.10 Å². The molecule has 0 spiro atoms. The summed E-state index contributed by atoms with van der Waals surface area (Å²) < 4.78 is 26.1. The molecule has 0 saturated carbocycles. The summed E-state index contributed by atoms with van der Waals surface area (Å²) in [7, 11) is -3.43. The van der Waals surface area contributed by atoms with E-state index < -0.39 is 10.0 Å². The molecule has 158 valence electrons. The highest BCUT2D eigenvalue weighted by Gasteiger charge is 2.20. The summed E-state index contributed by atoms with van der Waals surface area (Å²) in [5.74, 6) is -0.0761. The Kier molecular flexibility index (Phi) is 7.47. The van der Waals surface area contributed by atoms with Gasteiger partial charge >= 0.3 is 0 Å². The molecule has 0 radical (unpaired) electrons. The molecule has 0 unspecified atom stereocenters. The number of hydrogen-bond donors (Lipinski definition) is 1. The van der Waals surface area contributed by atoms with E-state index in [1.54, 1.807) is 0 Å². The van der Waals surface area contributed by atoms with Gasteiger partial charge in [0.15, 0.2) is 0 Å². The van der Waals surface area contributed by atoms with Gasteiger partial charge in [0.25, 0.3) is 0 Å². The number of nitrogens with one attached hydrogen (secondary N) is 1. The van der Waals surface area contributed by atoms with Gasteiger partial charge in [0.2, 0.25) is 15.9 Å². The van der Waals surface area contributed by atoms with Gasteiger partial charge in [-0.25, -0.2) is 8.42 Å². The quantitative estimate of drug-likeness (QED) is 0.696. The van der Waals surface area contributed by atoms with E-state index in [4.69, 9.17) is 0 Å². The summed E-state index contributed by atoms with van der Waals surface area (Å²) >= 11 is 0. The van der Waals surface area contributed by atoms with Crippen LogP contribution in [0.15, 0.2) is 36.4 Å². The maximum Gasteiger partial charge on any atom is 0.232 e. The third-order valence-corrected chi connectivity index (χ3v) is 6.26. The van der Waals surface area contributed by atoms with Crippen LogP contribution < -0.4 is 9.62 Å². The van der Waals surface area contributed by atoms with Crippen molar-refractivity contribution in [1.82, 2.24) is 5.32 Å². The van der Waals surface area contributed by atoms with Gasteiger partial charge in [0.1, 0.15) is 0 Å². The summed E-state index contributed by atoms with van der Waals surface area (Å²) in [4.78, 5) is 12.4. The maximum atomic E-state index is 12.4. The Morgan fingerprint density at radius 1 is 1.00 bits per heavy atom. The molecular formula is C23H32N2O3S. The van der Waals surface area contributed by atoms with E-state index >= 15 is 0 Å². The van der Waals surface area contributed by atoms with Gasteiger partial charge in [0, 0.05) is 13.0 Å². The molecule has 0 fully saturated rings. The van der Waals surface area contributed by atoms with Crippen molar-refractivity contribution in [2.75, 3.05) is 17.1 Å². The minimum absolute atomic E-state index is 0.0761. The van der Waals surface area contributed by atoms with Crippen molar-refractivity contribution >= 4 is 21.6 Å². The molecule has 1 amide bonds.